The van der Waals surface area contributed by atoms with E-state index in [0.29, 0.717) is 5.41 Å². The van der Waals surface area contributed by atoms with E-state index >= 15 is 0 Å². The van der Waals surface area contributed by atoms with Crippen LogP contribution in [0.3, 0.4) is 0 Å². The minimum Gasteiger partial charge on any atom is -0.311 e. The fourth-order valence-electron chi connectivity index (χ4n) is 3.98. The quantitative estimate of drug-likeness (QED) is 0.761. The Morgan fingerprint density at radius 1 is 1.00 bits per heavy atom. The molecule has 0 heterocycles. The van der Waals surface area contributed by atoms with Crippen LogP contribution >= 0.6 is 0 Å². The second-order valence-electron chi connectivity index (χ2n) is 7.31. The number of hydrogen-bond donors (Lipinski definition) is 1. The second-order valence-corrected chi connectivity index (χ2v) is 7.31. The van der Waals surface area contributed by atoms with Crippen LogP contribution in [0.5, 0.6) is 0 Å². The Labute approximate surface area is 108 Å². The molecule has 0 aromatic carbocycles. The summed E-state index contributed by atoms with van der Waals surface area (Å²) >= 11 is 0. The monoisotopic (exact) mass is 237 g/mol. The zero-order chi connectivity index (χ0) is 12.3. The van der Waals surface area contributed by atoms with Gasteiger partial charge in [0.2, 0.25) is 0 Å². The highest BCUT2D eigenvalue weighted by atomic mass is 15.0. The summed E-state index contributed by atoms with van der Waals surface area (Å²) in [6, 6.07) is 1.53. The lowest BCUT2D eigenvalue weighted by Crippen LogP contribution is -2.45. The van der Waals surface area contributed by atoms with Gasteiger partial charge >= 0.3 is 0 Å². The van der Waals surface area contributed by atoms with Crippen LogP contribution in [0.15, 0.2) is 0 Å². The molecule has 1 unspecified atom stereocenters. The molecule has 2 rings (SSSR count). The van der Waals surface area contributed by atoms with Crippen molar-refractivity contribution in [1.29, 1.82) is 0 Å². The first-order valence-corrected chi connectivity index (χ1v) is 7.83. The van der Waals surface area contributed by atoms with Crippen molar-refractivity contribution in [1.82, 2.24) is 5.32 Å². The summed E-state index contributed by atoms with van der Waals surface area (Å²) in [7, 11) is 0. The van der Waals surface area contributed by atoms with Gasteiger partial charge in [-0.2, -0.15) is 0 Å². The van der Waals surface area contributed by atoms with E-state index in [4.69, 9.17) is 0 Å². The van der Waals surface area contributed by atoms with Crippen molar-refractivity contribution in [2.24, 2.45) is 11.3 Å². The largest absolute Gasteiger partial charge is 0.311 e. The van der Waals surface area contributed by atoms with Crippen molar-refractivity contribution in [2.75, 3.05) is 0 Å². The third-order valence-corrected chi connectivity index (χ3v) is 5.06. The summed E-state index contributed by atoms with van der Waals surface area (Å²) in [5.41, 5.74) is 0.572. The molecule has 1 N–H and O–H groups in total. The normalized spacial score (nSPS) is 32.3. The first-order chi connectivity index (χ1) is 8.07. The topological polar surface area (TPSA) is 12.0 Å². The predicted molar refractivity (Wildman–Crippen MR) is 75.2 cm³/mol. The molecule has 0 aromatic heterocycles. The summed E-state index contributed by atoms with van der Waals surface area (Å²) in [6.45, 7) is 7.30. The summed E-state index contributed by atoms with van der Waals surface area (Å²) in [5, 5.41) is 3.94. The Morgan fingerprint density at radius 2 is 1.71 bits per heavy atom. The predicted octanol–water partition coefficient (Wildman–Crippen LogP) is 4.51. The van der Waals surface area contributed by atoms with Gasteiger partial charge in [-0.3, -0.25) is 0 Å². The number of rotatable bonds is 3. The molecule has 17 heavy (non-hydrogen) atoms. The standard InChI is InChI=1S/C16H31N/c1-13(14-8-5-4-6-9-14)17-15-10-7-11-16(2,3)12-15/h13-15,17H,4-12H2,1-3H3/t13-,15?/m1/s1. The third kappa shape index (κ3) is 3.98. The van der Waals surface area contributed by atoms with Crippen LogP contribution in [0.1, 0.15) is 78.6 Å². The van der Waals surface area contributed by atoms with Crippen molar-refractivity contribution >= 4 is 0 Å². The third-order valence-electron chi connectivity index (χ3n) is 5.06. The molecule has 0 bridgehead atoms. The van der Waals surface area contributed by atoms with Crippen molar-refractivity contribution in [3.8, 4) is 0 Å². The molecule has 0 saturated heterocycles. The molecule has 2 saturated carbocycles. The molecule has 0 aliphatic heterocycles. The second kappa shape index (κ2) is 5.73. The van der Waals surface area contributed by atoms with Crippen LogP contribution < -0.4 is 5.32 Å². The molecule has 0 amide bonds. The maximum absolute atomic E-state index is 3.94. The summed E-state index contributed by atoms with van der Waals surface area (Å²) < 4.78 is 0. The highest BCUT2D eigenvalue weighted by Crippen LogP contribution is 2.36. The molecule has 2 fully saturated rings. The molecule has 2 aliphatic rings. The lowest BCUT2D eigenvalue weighted by Gasteiger charge is -2.39. The minimum atomic E-state index is 0.572. The van der Waals surface area contributed by atoms with Gasteiger partial charge in [0, 0.05) is 12.1 Å². The maximum atomic E-state index is 3.94. The van der Waals surface area contributed by atoms with Crippen LogP contribution in [-0.4, -0.2) is 12.1 Å². The lowest BCUT2D eigenvalue weighted by molar-refractivity contribution is 0.171. The van der Waals surface area contributed by atoms with Gasteiger partial charge in [0.1, 0.15) is 0 Å². The number of hydrogen-bond acceptors (Lipinski definition) is 1. The van der Waals surface area contributed by atoms with Gasteiger partial charge in [-0.15, -0.1) is 0 Å². The summed E-state index contributed by atoms with van der Waals surface area (Å²) in [4.78, 5) is 0. The average Bonchev–Trinajstić information content (AvgIpc) is 2.29. The highest BCUT2D eigenvalue weighted by Gasteiger charge is 2.30. The zero-order valence-corrected chi connectivity index (χ0v) is 12.1. The molecule has 100 valence electrons. The van der Waals surface area contributed by atoms with Crippen molar-refractivity contribution in [2.45, 2.75) is 90.6 Å². The van der Waals surface area contributed by atoms with E-state index < -0.39 is 0 Å². The van der Waals surface area contributed by atoms with Crippen LogP contribution in [0.4, 0.5) is 0 Å². The van der Waals surface area contributed by atoms with Crippen LogP contribution in [-0.2, 0) is 0 Å². The summed E-state index contributed by atoms with van der Waals surface area (Å²) in [6.07, 6.45) is 12.9. The van der Waals surface area contributed by atoms with Gasteiger partial charge < -0.3 is 5.32 Å². The van der Waals surface area contributed by atoms with E-state index in [2.05, 4.69) is 26.1 Å². The Morgan fingerprint density at radius 3 is 2.35 bits per heavy atom. The van der Waals surface area contributed by atoms with Gasteiger partial charge in [-0.25, -0.2) is 0 Å². The molecular formula is C16H31N. The Hall–Kier alpha value is -0.0400. The van der Waals surface area contributed by atoms with E-state index in [-0.39, 0.29) is 0 Å². The maximum Gasteiger partial charge on any atom is 0.00747 e. The highest BCUT2D eigenvalue weighted by molar-refractivity contribution is 4.86. The van der Waals surface area contributed by atoms with E-state index in [1.54, 1.807) is 0 Å². The van der Waals surface area contributed by atoms with Gasteiger partial charge in [-0.05, 0) is 50.4 Å². The van der Waals surface area contributed by atoms with Gasteiger partial charge in [-0.1, -0.05) is 39.5 Å². The van der Waals surface area contributed by atoms with Crippen molar-refractivity contribution < 1.29 is 0 Å². The van der Waals surface area contributed by atoms with Crippen LogP contribution in [0, 0.1) is 11.3 Å². The van der Waals surface area contributed by atoms with Crippen LogP contribution in [0.2, 0.25) is 0 Å². The Balaban J connectivity index is 1.79. The van der Waals surface area contributed by atoms with E-state index in [0.717, 1.165) is 18.0 Å². The van der Waals surface area contributed by atoms with Crippen LogP contribution in [0.25, 0.3) is 0 Å². The molecule has 1 heteroatoms. The van der Waals surface area contributed by atoms with Crippen molar-refractivity contribution in [3.63, 3.8) is 0 Å². The number of nitrogens with one attached hydrogen (secondary N) is 1. The van der Waals surface area contributed by atoms with Gasteiger partial charge in [0.15, 0.2) is 0 Å². The van der Waals surface area contributed by atoms with E-state index in [9.17, 15) is 0 Å². The molecule has 0 spiro atoms. The minimum absolute atomic E-state index is 0.572. The molecular weight excluding hydrogens is 206 g/mol. The fourth-order valence-corrected chi connectivity index (χ4v) is 3.98. The fraction of sp³-hybridized carbons (Fsp3) is 1.00. The average molecular weight is 237 g/mol. The summed E-state index contributed by atoms with van der Waals surface area (Å²) in [5.74, 6) is 0.953. The van der Waals surface area contributed by atoms with Gasteiger partial charge in [0.25, 0.3) is 0 Å². The molecule has 2 aliphatic carbocycles. The molecule has 0 radical (unpaired) electrons. The van der Waals surface area contributed by atoms with E-state index in [1.165, 1.54) is 57.8 Å². The first kappa shape index (κ1) is 13.4. The molecule has 2 atom stereocenters. The molecule has 0 aromatic rings. The first-order valence-electron chi connectivity index (χ1n) is 7.83. The van der Waals surface area contributed by atoms with Gasteiger partial charge in [0.05, 0.1) is 0 Å². The smallest absolute Gasteiger partial charge is 0.00747 e. The Kier molecular flexibility index (Phi) is 4.52. The Bertz CT molecular complexity index is 228. The zero-order valence-electron chi connectivity index (χ0n) is 12.1. The SMILES string of the molecule is C[C@@H](NC1CCCC(C)(C)C1)C1CCCCC1. The molecule has 1 nitrogen and oxygen atoms in total. The van der Waals surface area contributed by atoms with Crippen molar-refractivity contribution in [3.05, 3.63) is 0 Å². The van der Waals surface area contributed by atoms with E-state index in [1.807, 2.05) is 0 Å². The lowest BCUT2D eigenvalue weighted by atomic mass is 9.74.